The van der Waals surface area contributed by atoms with Crippen LogP contribution in [0, 0.1) is 0 Å². The van der Waals surface area contributed by atoms with E-state index in [4.69, 9.17) is 0 Å². The van der Waals surface area contributed by atoms with E-state index in [0.29, 0.717) is 23.7 Å². The minimum Gasteiger partial charge on any atom is -0.0804 e. The molecule has 0 N–H and O–H groups in total. The van der Waals surface area contributed by atoms with Gasteiger partial charge in [0.1, 0.15) is 0 Å². The maximum atomic E-state index is 2.48. The average molecular weight is 256 g/mol. The molecule has 4 bridgehead atoms. The normalized spacial score (nSPS) is 34.2. The van der Waals surface area contributed by atoms with Crippen LogP contribution >= 0.6 is 0 Å². The zero-order valence-corrected chi connectivity index (χ0v) is 11.3. The fourth-order valence-corrected chi connectivity index (χ4v) is 5.03. The largest absolute Gasteiger partial charge is 0.0804 e. The van der Waals surface area contributed by atoms with E-state index in [0.717, 1.165) is 0 Å². The van der Waals surface area contributed by atoms with Crippen molar-refractivity contribution in [3.63, 3.8) is 0 Å². The van der Waals surface area contributed by atoms with Crippen LogP contribution in [0.4, 0.5) is 0 Å². The maximum absolute atomic E-state index is 2.48. The molecule has 4 atom stereocenters. The summed E-state index contributed by atoms with van der Waals surface area (Å²) in [5.41, 5.74) is 6.40. The van der Waals surface area contributed by atoms with Crippen molar-refractivity contribution in [2.75, 3.05) is 0 Å². The highest BCUT2D eigenvalue weighted by Crippen LogP contribution is 2.52. The first-order valence-corrected chi connectivity index (χ1v) is 7.85. The molecular weight excluding hydrogens is 240 g/mol. The second kappa shape index (κ2) is 3.09. The van der Waals surface area contributed by atoms with Gasteiger partial charge in [-0.25, -0.2) is 0 Å². The molecule has 0 aromatic heterocycles. The molecule has 0 aliphatic heterocycles. The van der Waals surface area contributed by atoms with Gasteiger partial charge in [-0.1, -0.05) is 48.6 Å². The zero-order valence-electron chi connectivity index (χ0n) is 11.3. The van der Waals surface area contributed by atoms with Crippen LogP contribution in [0.1, 0.15) is 58.8 Å². The molecule has 0 nitrogen and oxygen atoms in total. The second-order valence-electron chi connectivity index (χ2n) is 6.98. The van der Waals surface area contributed by atoms with Gasteiger partial charge in [0, 0.05) is 23.7 Å². The van der Waals surface area contributed by atoms with Gasteiger partial charge in [-0.3, -0.25) is 0 Å². The summed E-state index contributed by atoms with van der Waals surface area (Å²) in [6.07, 6.45) is 12.3. The van der Waals surface area contributed by atoms with Crippen molar-refractivity contribution < 1.29 is 0 Å². The molecule has 4 aliphatic rings. The fourth-order valence-electron chi connectivity index (χ4n) is 5.03. The van der Waals surface area contributed by atoms with Gasteiger partial charge in [-0.05, 0) is 45.9 Å². The number of hydrogen-bond acceptors (Lipinski definition) is 0. The summed E-state index contributed by atoms with van der Waals surface area (Å²) in [6, 6.07) is 9.92. The van der Waals surface area contributed by atoms with Crippen molar-refractivity contribution in [1.82, 2.24) is 0 Å². The van der Waals surface area contributed by atoms with Gasteiger partial charge in [0.25, 0.3) is 0 Å². The Hall–Kier alpha value is -1.82. The molecule has 0 heteroatoms. The summed E-state index contributed by atoms with van der Waals surface area (Å²) < 4.78 is 0. The Morgan fingerprint density at radius 3 is 1.10 bits per heavy atom. The standard InChI is InChI=1S/C20H16/c1-2-12-5-11(1)17-7-15-9-19-13-3-4-14(6-13)20(19)10-16(15)8-18(12)17/h1-4,7-14H,5-6H2. The maximum Gasteiger partial charge on any atom is 0.00301 e. The van der Waals surface area contributed by atoms with Gasteiger partial charge in [0.05, 0.1) is 0 Å². The molecule has 96 valence electrons. The lowest BCUT2D eigenvalue weighted by Gasteiger charge is -2.16. The predicted molar refractivity (Wildman–Crippen MR) is 82.4 cm³/mol. The van der Waals surface area contributed by atoms with Crippen LogP contribution in [0.3, 0.4) is 0 Å². The highest BCUT2D eigenvalue weighted by molar-refractivity contribution is 5.88. The summed E-state index contributed by atoms with van der Waals surface area (Å²) in [5, 5.41) is 2.92. The number of rotatable bonds is 0. The molecule has 6 rings (SSSR count). The van der Waals surface area contributed by atoms with Crippen molar-refractivity contribution in [3.8, 4) is 0 Å². The van der Waals surface area contributed by atoms with E-state index in [9.17, 15) is 0 Å². The Labute approximate surface area is 118 Å². The molecule has 0 saturated carbocycles. The van der Waals surface area contributed by atoms with Crippen molar-refractivity contribution in [2.45, 2.75) is 36.5 Å². The number of fused-ring (bicyclic) bond motifs is 11. The van der Waals surface area contributed by atoms with Crippen molar-refractivity contribution >= 4 is 10.8 Å². The number of benzene rings is 2. The molecule has 4 aliphatic carbocycles. The minimum absolute atomic E-state index is 0.698. The number of allylic oxidation sites excluding steroid dienone is 4. The lowest BCUT2D eigenvalue weighted by Crippen LogP contribution is -1.96. The van der Waals surface area contributed by atoms with E-state index >= 15 is 0 Å². The van der Waals surface area contributed by atoms with Crippen LogP contribution in [0.2, 0.25) is 0 Å². The monoisotopic (exact) mass is 256 g/mol. The first-order valence-electron chi connectivity index (χ1n) is 7.85. The van der Waals surface area contributed by atoms with Crippen LogP contribution in [-0.2, 0) is 0 Å². The summed E-state index contributed by atoms with van der Waals surface area (Å²) in [7, 11) is 0. The highest BCUT2D eigenvalue weighted by Gasteiger charge is 2.35. The van der Waals surface area contributed by atoms with Gasteiger partial charge >= 0.3 is 0 Å². The van der Waals surface area contributed by atoms with Crippen LogP contribution in [-0.4, -0.2) is 0 Å². The fraction of sp³-hybridized carbons (Fsp3) is 0.300. The SMILES string of the molecule is C1=CC2CC1c1cc3cc4c(cc3cc12)C1C=CC4C1. The van der Waals surface area contributed by atoms with E-state index < -0.39 is 0 Å². The summed E-state index contributed by atoms with van der Waals surface area (Å²) in [4.78, 5) is 0. The minimum atomic E-state index is 0.698. The average Bonchev–Trinajstić information content (AvgIpc) is 3.23. The Morgan fingerprint density at radius 1 is 0.500 bits per heavy atom. The molecule has 4 unspecified atom stereocenters. The molecule has 0 spiro atoms. The van der Waals surface area contributed by atoms with E-state index in [1.165, 1.54) is 23.6 Å². The van der Waals surface area contributed by atoms with Gasteiger partial charge < -0.3 is 0 Å². The molecule has 0 heterocycles. The van der Waals surface area contributed by atoms with Crippen molar-refractivity contribution in [2.24, 2.45) is 0 Å². The molecule has 0 amide bonds. The van der Waals surface area contributed by atoms with Gasteiger partial charge in [-0.15, -0.1) is 0 Å². The Balaban J connectivity index is 1.66. The Kier molecular flexibility index (Phi) is 1.54. The molecule has 0 fully saturated rings. The van der Waals surface area contributed by atoms with Crippen LogP contribution in [0.5, 0.6) is 0 Å². The lowest BCUT2D eigenvalue weighted by atomic mass is 9.89. The Bertz CT molecular complexity index is 703. The molecule has 20 heavy (non-hydrogen) atoms. The summed E-state index contributed by atoms with van der Waals surface area (Å²) in [6.45, 7) is 0. The van der Waals surface area contributed by atoms with Crippen LogP contribution in [0.15, 0.2) is 48.6 Å². The van der Waals surface area contributed by atoms with Crippen LogP contribution in [0.25, 0.3) is 10.8 Å². The van der Waals surface area contributed by atoms with E-state index in [1.54, 1.807) is 22.3 Å². The van der Waals surface area contributed by atoms with Crippen LogP contribution < -0.4 is 0 Å². The van der Waals surface area contributed by atoms with Crippen molar-refractivity contribution in [3.05, 3.63) is 70.8 Å². The van der Waals surface area contributed by atoms with E-state index in [-0.39, 0.29) is 0 Å². The van der Waals surface area contributed by atoms with Crippen molar-refractivity contribution in [1.29, 1.82) is 0 Å². The topological polar surface area (TPSA) is 0 Å². The highest BCUT2D eigenvalue weighted by atomic mass is 14.4. The first-order chi connectivity index (χ1) is 9.87. The molecular formula is C20H16. The molecule has 2 aromatic carbocycles. The zero-order chi connectivity index (χ0) is 12.8. The Morgan fingerprint density at radius 2 is 0.800 bits per heavy atom. The third-order valence-corrected chi connectivity index (χ3v) is 6.01. The van der Waals surface area contributed by atoms with Gasteiger partial charge in [0.2, 0.25) is 0 Å². The first kappa shape index (κ1) is 9.99. The molecule has 0 radical (unpaired) electrons. The predicted octanol–water partition coefficient (Wildman–Crippen LogP) is 5.12. The van der Waals surface area contributed by atoms with Gasteiger partial charge in [-0.2, -0.15) is 0 Å². The second-order valence-corrected chi connectivity index (χ2v) is 6.98. The summed E-state index contributed by atoms with van der Waals surface area (Å²) in [5.74, 6) is 2.79. The number of hydrogen-bond donors (Lipinski definition) is 0. The molecule has 2 aromatic rings. The van der Waals surface area contributed by atoms with E-state index in [2.05, 4.69) is 48.6 Å². The van der Waals surface area contributed by atoms with Gasteiger partial charge in [0.15, 0.2) is 0 Å². The smallest absolute Gasteiger partial charge is 0.00301 e. The van der Waals surface area contributed by atoms with E-state index in [1.807, 2.05) is 0 Å². The third-order valence-electron chi connectivity index (χ3n) is 6.01. The third kappa shape index (κ3) is 1.03. The summed E-state index contributed by atoms with van der Waals surface area (Å²) >= 11 is 0. The lowest BCUT2D eigenvalue weighted by molar-refractivity contribution is 0.804. The quantitative estimate of drug-likeness (QED) is 0.574. The molecule has 0 saturated heterocycles.